The molecule has 1 aromatic carbocycles. The van der Waals surface area contributed by atoms with E-state index in [-0.39, 0.29) is 17.5 Å². The van der Waals surface area contributed by atoms with E-state index in [9.17, 15) is 9.18 Å². The highest BCUT2D eigenvalue weighted by molar-refractivity contribution is 7.99. The molecule has 1 aromatic rings. The van der Waals surface area contributed by atoms with Crippen molar-refractivity contribution in [1.82, 2.24) is 5.32 Å². The molecule has 1 unspecified atom stereocenters. The topological polar surface area (TPSA) is 38.3 Å². The van der Waals surface area contributed by atoms with Gasteiger partial charge in [-0.15, -0.1) is 0 Å². The Balaban J connectivity index is 2.07. The van der Waals surface area contributed by atoms with Gasteiger partial charge in [0.15, 0.2) is 0 Å². The average molecular weight is 255 g/mol. The minimum Gasteiger partial charge on any atom is -0.497 e. The summed E-state index contributed by atoms with van der Waals surface area (Å²) in [5, 5.41) is 2.83. The Morgan fingerprint density at radius 1 is 1.59 bits per heavy atom. The maximum absolute atomic E-state index is 13.6. The van der Waals surface area contributed by atoms with E-state index in [1.54, 1.807) is 17.8 Å². The van der Waals surface area contributed by atoms with Crippen molar-refractivity contribution in [3.8, 4) is 5.75 Å². The van der Waals surface area contributed by atoms with Gasteiger partial charge in [0.05, 0.1) is 12.7 Å². The molecule has 1 aliphatic heterocycles. The summed E-state index contributed by atoms with van der Waals surface area (Å²) < 4.78 is 18.5. The molecule has 0 spiro atoms. The van der Waals surface area contributed by atoms with Gasteiger partial charge in [0.2, 0.25) is 0 Å². The third-order valence-corrected chi connectivity index (χ3v) is 3.85. The van der Waals surface area contributed by atoms with Crippen LogP contribution in [0.5, 0.6) is 5.75 Å². The molecule has 0 bridgehead atoms. The summed E-state index contributed by atoms with van der Waals surface area (Å²) in [4.78, 5) is 11.8. The molecule has 0 aliphatic carbocycles. The molecule has 0 saturated carbocycles. The molecule has 0 aromatic heterocycles. The van der Waals surface area contributed by atoms with Crippen LogP contribution in [0.2, 0.25) is 0 Å². The van der Waals surface area contributed by atoms with E-state index in [2.05, 4.69) is 5.32 Å². The summed E-state index contributed by atoms with van der Waals surface area (Å²) in [7, 11) is 1.46. The van der Waals surface area contributed by atoms with Gasteiger partial charge in [-0.05, 0) is 24.3 Å². The Bertz CT molecular complexity index is 419. The lowest BCUT2D eigenvalue weighted by Crippen LogP contribution is -2.35. The van der Waals surface area contributed by atoms with Gasteiger partial charge in [0, 0.05) is 17.9 Å². The molecule has 1 heterocycles. The van der Waals surface area contributed by atoms with Crippen molar-refractivity contribution in [1.29, 1.82) is 0 Å². The highest BCUT2D eigenvalue weighted by atomic mass is 32.2. The average Bonchev–Trinajstić information content (AvgIpc) is 2.81. The van der Waals surface area contributed by atoms with Crippen LogP contribution in [-0.4, -0.2) is 30.6 Å². The zero-order chi connectivity index (χ0) is 12.3. The zero-order valence-electron chi connectivity index (χ0n) is 9.53. The molecule has 17 heavy (non-hydrogen) atoms. The number of hydrogen-bond donors (Lipinski definition) is 1. The third kappa shape index (κ3) is 2.91. The van der Waals surface area contributed by atoms with Crippen LogP contribution in [0.25, 0.3) is 0 Å². The number of halogens is 1. The van der Waals surface area contributed by atoms with Crippen molar-refractivity contribution in [3.05, 3.63) is 29.6 Å². The molecule has 3 nitrogen and oxygen atoms in total. The summed E-state index contributed by atoms with van der Waals surface area (Å²) in [6, 6.07) is 4.42. The number of benzene rings is 1. The van der Waals surface area contributed by atoms with E-state index in [0.29, 0.717) is 5.75 Å². The van der Waals surface area contributed by atoms with Crippen LogP contribution in [-0.2, 0) is 0 Å². The van der Waals surface area contributed by atoms with Crippen LogP contribution in [0.4, 0.5) is 4.39 Å². The first-order valence-corrected chi connectivity index (χ1v) is 6.58. The first kappa shape index (κ1) is 12.2. The lowest BCUT2D eigenvalue weighted by atomic mass is 10.1. The lowest BCUT2D eigenvalue weighted by Gasteiger charge is -2.12. The Morgan fingerprint density at radius 3 is 3.00 bits per heavy atom. The van der Waals surface area contributed by atoms with E-state index < -0.39 is 5.82 Å². The van der Waals surface area contributed by atoms with Crippen LogP contribution >= 0.6 is 11.8 Å². The summed E-state index contributed by atoms with van der Waals surface area (Å²) in [6.45, 7) is 0. The van der Waals surface area contributed by atoms with Gasteiger partial charge in [-0.25, -0.2) is 4.39 Å². The highest BCUT2D eigenvalue weighted by Crippen LogP contribution is 2.19. The van der Waals surface area contributed by atoms with Gasteiger partial charge < -0.3 is 10.1 Å². The maximum Gasteiger partial charge on any atom is 0.254 e. The maximum atomic E-state index is 13.6. The van der Waals surface area contributed by atoms with Gasteiger partial charge in [0.25, 0.3) is 5.91 Å². The predicted octanol–water partition coefficient (Wildman–Crippen LogP) is 2.07. The Hall–Kier alpha value is -1.23. The molecule has 1 amide bonds. The first-order valence-electron chi connectivity index (χ1n) is 5.43. The number of thioether (sulfide) groups is 1. The van der Waals surface area contributed by atoms with Gasteiger partial charge in [-0.3, -0.25) is 4.79 Å². The first-order chi connectivity index (χ1) is 8.20. The fourth-order valence-electron chi connectivity index (χ4n) is 1.72. The van der Waals surface area contributed by atoms with Gasteiger partial charge in [0.1, 0.15) is 11.6 Å². The van der Waals surface area contributed by atoms with Crippen molar-refractivity contribution < 1.29 is 13.9 Å². The van der Waals surface area contributed by atoms with Crippen LogP contribution in [0, 0.1) is 5.82 Å². The summed E-state index contributed by atoms with van der Waals surface area (Å²) in [5.74, 6) is 1.47. The minimum absolute atomic E-state index is 0.0719. The van der Waals surface area contributed by atoms with Gasteiger partial charge >= 0.3 is 0 Å². The molecular formula is C12H14FNO2S. The lowest BCUT2D eigenvalue weighted by molar-refractivity contribution is 0.0937. The second-order valence-corrected chi connectivity index (χ2v) is 5.03. The van der Waals surface area contributed by atoms with Crippen LogP contribution in [0.3, 0.4) is 0 Å². The summed E-state index contributed by atoms with van der Waals surface area (Å²) >= 11 is 1.80. The van der Waals surface area contributed by atoms with Crippen molar-refractivity contribution in [2.75, 3.05) is 18.6 Å². The van der Waals surface area contributed by atoms with Crippen molar-refractivity contribution in [2.45, 2.75) is 12.5 Å². The summed E-state index contributed by atoms with van der Waals surface area (Å²) in [5.41, 5.74) is 0.0719. The van der Waals surface area contributed by atoms with E-state index in [4.69, 9.17) is 4.74 Å². The van der Waals surface area contributed by atoms with E-state index in [1.165, 1.54) is 19.2 Å². The predicted molar refractivity (Wildman–Crippen MR) is 66.1 cm³/mol. The number of carbonyl (C=O) groups is 1. The molecule has 0 radical (unpaired) electrons. The number of methoxy groups -OCH3 is 1. The Morgan fingerprint density at radius 2 is 2.41 bits per heavy atom. The van der Waals surface area contributed by atoms with Crippen LogP contribution in [0.1, 0.15) is 16.8 Å². The molecule has 1 saturated heterocycles. The quantitative estimate of drug-likeness (QED) is 0.898. The van der Waals surface area contributed by atoms with Crippen molar-refractivity contribution >= 4 is 17.7 Å². The van der Waals surface area contributed by atoms with Crippen LogP contribution in [0.15, 0.2) is 18.2 Å². The van der Waals surface area contributed by atoms with Crippen molar-refractivity contribution in [3.63, 3.8) is 0 Å². The molecule has 2 rings (SSSR count). The largest absolute Gasteiger partial charge is 0.497 e. The number of carbonyl (C=O) groups excluding carboxylic acids is 1. The van der Waals surface area contributed by atoms with Gasteiger partial charge in [-0.2, -0.15) is 11.8 Å². The van der Waals surface area contributed by atoms with E-state index in [0.717, 1.165) is 17.9 Å². The molecule has 1 atom stereocenters. The van der Waals surface area contributed by atoms with Crippen LogP contribution < -0.4 is 10.1 Å². The SMILES string of the molecule is COc1ccc(C(=O)NC2CCSC2)c(F)c1. The number of nitrogens with one attached hydrogen (secondary N) is 1. The second-order valence-electron chi connectivity index (χ2n) is 3.88. The second kappa shape index (κ2) is 5.40. The zero-order valence-corrected chi connectivity index (χ0v) is 10.3. The third-order valence-electron chi connectivity index (χ3n) is 2.69. The highest BCUT2D eigenvalue weighted by Gasteiger charge is 2.20. The molecule has 5 heteroatoms. The van der Waals surface area contributed by atoms with E-state index >= 15 is 0 Å². The standard InChI is InChI=1S/C12H14FNO2S/c1-16-9-2-3-10(11(13)6-9)12(15)14-8-4-5-17-7-8/h2-3,6,8H,4-5,7H2,1H3,(H,14,15). The molecule has 92 valence electrons. The summed E-state index contributed by atoms with van der Waals surface area (Å²) in [6.07, 6.45) is 0.953. The monoisotopic (exact) mass is 255 g/mol. The number of amides is 1. The van der Waals surface area contributed by atoms with E-state index in [1.807, 2.05) is 0 Å². The molecular weight excluding hydrogens is 241 g/mol. The fraction of sp³-hybridized carbons (Fsp3) is 0.417. The number of ether oxygens (including phenoxy) is 1. The van der Waals surface area contributed by atoms with Crippen molar-refractivity contribution in [2.24, 2.45) is 0 Å². The van der Waals surface area contributed by atoms with Gasteiger partial charge in [-0.1, -0.05) is 0 Å². The molecule has 1 aliphatic rings. The molecule has 1 N–H and O–H groups in total. The minimum atomic E-state index is -0.549. The molecule has 1 fully saturated rings. The number of rotatable bonds is 3. The smallest absolute Gasteiger partial charge is 0.254 e. The number of hydrogen-bond acceptors (Lipinski definition) is 3. The Kier molecular flexibility index (Phi) is 3.89. The Labute approximate surface area is 104 Å². The normalized spacial score (nSPS) is 19.1. The fourth-order valence-corrected chi connectivity index (χ4v) is 2.87.